The lowest BCUT2D eigenvalue weighted by molar-refractivity contribution is -0.140. The summed E-state index contributed by atoms with van der Waals surface area (Å²) in [6.07, 6.45) is 2.11. The molecule has 0 bridgehead atoms. The van der Waals surface area contributed by atoms with Gasteiger partial charge in [0.15, 0.2) is 0 Å². The van der Waals surface area contributed by atoms with E-state index in [1.807, 2.05) is 20.8 Å². The van der Waals surface area contributed by atoms with Gasteiger partial charge in [0.1, 0.15) is 5.78 Å². The third-order valence-corrected chi connectivity index (χ3v) is 2.99. The lowest BCUT2D eigenvalue weighted by Gasteiger charge is -2.36. The highest BCUT2D eigenvalue weighted by Crippen LogP contribution is 2.36. The second-order valence-corrected chi connectivity index (χ2v) is 4.35. The molecule has 0 radical (unpaired) electrons. The fourth-order valence-electron chi connectivity index (χ4n) is 1.98. The van der Waals surface area contributed by atoms with Crippen LogP contribution in [0.4, 0.5) is 0 Å². The number of hydrogen-bond donors (Lipinski definition) is 0. The van der Waals surface area contributed by atoms with E-state index in [1.165, 1.54) is 0 Å². The summed E-state index contributed by atoms with van der Waals surface area (Å²) >= 11 is 0. The van der Waals surface area contributed by atoms with Crippen molar-refractivity contribution in [3.8, 4) is 0 Å². The summed E-state index contributed by atoms with van der Waals surface area (Å²) < 4.78 is 5.25. The van der Waals surface area contributed by atoms with Crippen LogP contribution in [0.15, 0.2) is 0 Å². The van der Waals surface area contributed by atoms with Gasteiger partial charge in [-0.1, -0.05) is 20.8 Å². The van der Waals surface area contributed by atoms with E-state index >= 15 is 0 Å². The van der Waals surface area contributed by atoms with Gasteiger partial charge in [-0.2, -0.15) is 0 Å². The Morgan fingerprint density at radius 1 is 1.50 bits per heavy atom. The van der Waals surface area contributed by atoms with Crippen molar-refractivity contribution in [2.75, 3.05) is 7.11 Å². The van der Waals surface area contributed by atoms with Crippen molar-refractivity contribution >= 4 is 5.78 Å². The van der Waals surface area contributed by atoms with Gasteiger partial charge in [-0.3, -0.25) is 4.79 Å². The van der Waals surface area contributed by atoms with Gasteiger partial charge in [0.2, 0.25) is 0 Å². The SMILES string of the molecule is COC1CCC(C)(C)C(=O)C1C. The third kappa shape index (κ3) is 1.53. The Hall–Kier alpha value is -0.370. The van der Waals surface area contributed by atoms with Gasteiger partial charge in [0.25, 0.3) is 0 Å². The van der Waals surface area contributed by atoms with Crippen LogP contribution in [0.3, 0.4) is 0 Å². The molecule has 0 aliphatic heterocycles. The van der Waals surface area contributed by atoms with E-state index in [0.29, 0.717) is 5.78 Å². The molecule has 2 nitrogen and oxygen atoms in total. The maximum atomic E-state index is 11.7. The van der Waals surface area contributed by atoms with Gasteiger partial charge in [0.05, 0.1) is 6.10 Å². The van der Waals surface area contributed by atoms with Gasteiger partial charge < -0.3 is 4.74 Å². The first-order valence-corrected chi connectivity index (χ1v) is 4.56. The second-order valence-electron chi connectivity index (χ2n) is 4.35. The molecule has 1 aliphatic rings. The zero-order chi connectivity index (χ0) is 9.35. The molecule has 12 heavy (non-hydrogen) atoms. The Bertz CT molecular complexity index is 184. The average Bonchev–Trinajstić information content (AvgIpc) is 2.01. The quantitative estimate of drug-likeness (QED) is 0.602. The summed E-state index contributed by atoms with van der Waals surface area (Å²) in [5.74, 6) is 0.416. The van der Waals surface area contributed by atoms with Crippen LogP contribution < -0.4 is 0 Å². The molecular formula is C10H18O2. The van der Waals surface area contributed by atoms with Crippen LogP contribution in [-0.4, -0.2) is 19.0 Å². The fourth-order valence-corrected chi connectivity index (χ4v) is 1.98. The van der Waals surface area contributed by atoms with Crippen LogP contribution in [0.1, 0.15) is 33.6 Å². The first-order chi connectivity index (χ1) is 5.49. The average molecular weight is 170 g/mol. The van der Waals surface area contributed by atoms with Gasteiger partial charge in [-0.25, -0.2) is 0 Å². The number of carbonyl (C=O) groups excluding carboxylic acids is 1. The lowest BCUT2D eigenvalue weighted by atomic mass is 9.70. The first kappa shape index (κ1) is 9.72. The Morgan fingerprint density at radius 3 is 2.58 bits per heavy atom. The topological polar surface area (TPSA) is 26.3 Å². The van der Waals surface area contributed by atoms with E-state index in [9.17, 15) is 4.79 Å². The molecule has 0 heterocycles. The number of carbonyl (C=O) groups is 1. The van der Waals surface area contributed by atoms with Crippen molar-refractivity contribution in [2.24, 2.45) is 11.3 Å². The summed E-state index contributed by atoms with van der Waals surface area (Å²) in [7, 11) is 1.69. The molecule has 2 unspecified atom stereocenters. The zero-order valence-electron chi connectivity index (χ0n) is 8.39. The molecule has 0 aromatic carbocycles. The Morgan fingerprint density at radius 2 is 2.08 bits per heavy atom. The Labute approximate surface area is 74.3 Å². The molecule has 1 saturated carbocycles. The highest BCUT2D eigenvalue weighted by molar-refractivity contribution is 5.87. The van der Waals surface area contributed by atoms with E-state index in [2.05, 4.69) is 0 Å². The molecule has 1 fully saturated rings. The fraction of sp³-hybridized carbons (Fsp3) is 0.900. The van der Waals surface area contributed by atoms with E-state index < -0.39 is 0 Å². The summed E-state index contributed by atoms with van der Waals surface area (Å²) in [6.45, 7) is 6.02. The summed E-state index contributed by atoms with van der Waals surface area (Å²) in [5.41, 5.74) is -0.131. The number of methoxy groups -OCH3 is 1. The van der Waals surface area contributed by atoms with Gasteiger partial charge in [-0.05, 0) is 12.8 Å². The predicted molar refractivity (Wildman–Crippen MR) is 48.0 cm³/mol. The van der Waals surface area contributed by atoms with E-state index in [4.69, 9.17) is 4.74 Å². The van der Waals surface area contributed by atoms with Crippen LogP contribution >= 0.6 is 0 Å². The monoisotopic (exact) mass is 170 g/mol. The van der Waals surface area contributed by atoms with Crippen molar-refractivity contribution in [2.45, 2.75) is 39.7 Å². The van der Waals surface area contributed by atoms with Gasteiger partial charge in [-0.15, -0.1) is 0 Å². The minimum absolute atomic E-state index is 0.0683. The Balaban J connectivity index is 2.73. The minimum atomic E-state index is -0.131. The van der Waals surface area contributed by atoms with Crippen molar-refractivity contribution in [1.29, 1.82) is 0 Å². The third-order valence-electron chi connectivity index (χ3n) is 2.99. The van der Waals surface area contributed by atoms with Crippen LogP contribution in [0.5, 0.6) is 0 Å². The minimum Gasteiger partial charge on any atom is -0.381 e. The maximum Gasteiger partial charge on any atom is 0.143 e. The van der Waals surface area contributed by atoms with Crippen molar-refractivity contribution < 1.29 is 9.53 Å². The number of Topliss-reactive ketones (excluding diaryl/α,β-unsaturated/α-hetero) is 1. The van der Waals surface area contributed by atoms with Crippen LogP contribution in [0.2, 0.25) is 0 Å². The van der Waals surface area contributed by atoms with Gasteiger partial charge >= 0.3 is 0 Å². The second kappa shape index (κ2) is 3.17. The van der Waals surface area contributed by atoms with Crippen LogP contribution in [0, 0.1) is 11.3 Å². The highest BCUT2D eigenvalue weighted by Gasteiger charge is 2.40. The first-order valence-electron chi connectivity index (χ1n) is 4.56. The van der Waals surface area contributed by atoms with E-state index in [-0.39, 0.29) is 17.4 Å². The van der Waals surface area contributed by atoms with Crippen LogP contribution in [-0.2, 0) is 9.53 Å². The lowest BCUT2D eigenvalue weighted by Crippen LogP contribution is -2.42. The molecule has 1 aliphatic carbocycles. The molecule has 2 heteroatoms. The molecule has 0 aromatic heterocycles. The molecule has 0 spiro atoms. The van der Waals surface area contributed by atoms with Crippen molar-refractivity contribution in [3.63, 3.8) is 0 Å². The number of ketones is 1. The summed E-state index contributed by atoms with van der Waals surface area (Å²) in [5, 5.41) is 0. The summed E-state index contributed by atoms with van der Waals surface area (Å²) in [6, 6.07) is 0. The molecular weight excluding hydrogens is 152 g/mol. The van der Waals surface area contributed by atoms with Crippen molar-refractivity contribution in [1.82, 2.24) is 0 Å². The zero-order valence-corrected chi connectivity index (χ0v) is 8.39. The molecule has 0 aromatic rings. The molecule has 2 atom stereocenters. The molecule has 1 rings (SSSR count). The predicted octanol–water partition coefficient (Wildman–Crippen LogP) is 2.03. The molecule has 0 saturated heterocycles. The van der Waals surface area contributed by atoms with E-state index in [0.717, 1.165) is 12.8 Å². The number of hydrogen-bond acceptors (Lipinski definition) is 2. The van der Waals surface area contributed by atoms with Gasteiger partial charge in [0, 0.05) is 18.4 Å². The number of ether oxygens (including phenoxy) is 1. The standard InChI is InChI=1S/C10H18O2/c1-7-8(12-4)5-6-10(2,3)9(7)11/h7-8H,5-6H2,1-4H3. The largest absolute Gasteiger partial charge is 0.381 e. The molecule has 0 N–H and O–H groups in total. The molecule has 70 valence electrons. The summed E-state index contributed by atoms with van der Waals surface area (Å²) in [4.78, 5) is 11.7. The normalized spacial score (nSPS) is 35.2. The smallest absolute Gasteiger partial charge is 0.143 e. The highest BCUT2D eigenvalue weighted by atomic mass is 16.5. The maximum absolute atomic E-state index is 11.7. The number of rotatable bonds is 1. The molecule has 0 amide bonds. The van der Waals surface area contributed by atoms with Crippen molar-refractivity contribution in [3.05, 3.63) is 0 Å². The van der Waals surface area contributed by atoms with Crippen LogP contribution in [0.25, 0.3) is 0 Å². The Kier molecular flexibility index (Phi) is 2.57. The van der Waals surface area contributed by atoms with E-state index in [1.54, 1.807) is 7.11 Å².